The molecule has 0 aliphatic carbocycles. The number of hydrogen-bond donors (Lipinski definition) is 1. The molecule has 4 heteroatoms. The van der Waals surface area contributed by atoms with Crippen molar-refractivity contribution in [1.82, 2.24) is 10.4 Å². The highest BCUT2D eigenvalue weighted by Gasteiger charge is 2.10. The van der Waals surface area contributed by atoms with Crippen molar-refractivity contribution in [3.63, 3.8) is 0 Å². The van der Waals surface area contributed by atoms with Gasteiger partial charge in [0.1, 0.15) is 5.71 Å². The van der Waals surface area contributed by atoms with Gasteiger partial charge in [-0.1, -0.05) is 54.1 Å². The number of nitrogens with one attached hydrogen (secondary N) is 1. The molecule has 0 spiro atoms. The molecule has 1 heterocycles. The largest absolute Gasteiger partial charge is 0.271 e. The zero-order valence-corrected chi connectivity index (χ0v) is 13.3. The fourth-order valence-electron chi connectivity index (χ4n) is 2.24. The number of carbonyl (C=O) groups excluding carboxylic acids is 1. The summed E-state index contributed by atoms with van der Waals surface area (Å²) in [6, 6.07) is 22.6. The SMILES string of the molecule is Cc1ccc(C(=O)NN=C(c2ccccc2)c2ccccn2)cc1. The maximum absolute atomic E-state index is 12.3. The first-order valence-corrected chi connectivity index (χ1v) is 7.65. The molecule has 1 aromatic heterocycles. The summed E-state index contributed by atoms with van der Waals surface area (Å²) in [5.74, 6) is -0.251. The number of hydrogen-bond acceptors (Lipinski definition) is 3. The highest BCUT2D eigenvalue weighted by Crippen LogP contribution is 2.09. The Kier molecular flexibility index (Phi) is 4.77. The molecule has 0 saturated heterocycles. The topological polar surface area (TPSA) is 54.4 Å². The molecule has 0 fully saturated rings. The molecule has 1 N–H and O–H groups in total. The average molecular weight is 315 g/mol. The molecule has 1 amide bonds. The summed E-state index contributed by atoms with van der Waals surface area (Å²) < 4.78 is 0. The van der Waals surface area contributed by atoms with E-state index in [1.807, 2.05) is 67.6 Å². The van der Waals surface area contributed by atoms with Gasteiger partial charge in [0, 0.05) is 17.3 Å². The number of rotatable bonds is 4. The number of amides is 1. The Morgan fingerprint density at radius 1 is 0.875 bits per heavy atom. The first-order valence-electron chi connectivity index (χ1n) is 7.65. The van der Waals surface area contributed by atoms with Crippen molar-refractivity contribution in [1.29, 1.82) is 0 Å². The Hall–Kier alpha value is -3.27. The molecule has 0 aliphatic heterocycles. The number of hydrazone groups is 1. The van der Waals surface area contributed by atoms with Crippen molar-refractivity contribution in [2.24, 2.45) is 5.10 Å². The zero-order valence-electron chi connectivity index (χ0n) is 13.3. The van der Waals surface area contributed by atoms with Crippen LogP contribution in [0.5, 0.6) is 0 Å². The lowest BCUT2D eigenvalue weighted by atomic mass is 10.1. The van der Waals surface area contributed by atoms with E-state index in [1.54, 1.807) is 18.3 Å². The monoisotopic (exact) mass is 315 g/mol. The number of pyridine rings is 1. The summed E-state index contributed by atoms with van der Waals surface area (Å²) in [4.78, 5) is 16.6. The molecule has 0 bridgehead atoms. The Morgan fingerprint density at radius 3 is 2.25 bits per heavy atom. The van der Waals surface area contributed by atoms with Gasteiger partial charge in [0.2, 0.25) is 0 Å². The van der Waals surface area contributed by atoms with Crippen molar-refractivity contribution in [2.45, 2.75) is 6.92 Å². The van der Waals surface area contributed by atoms with E-state index in [-0.39, 0.29) is 5.91 Å². The minimum atomic E-state index is -0.251. The van der Waals surface area contributed by atoms with Gasteiger partial charge in [0.25, 0.3) is 5.91 Å². The lowest BCUT2D eigenvalue weighted by molar-refractivity contribution is 0.0955. The van der Waals surface area contributed by atoms with Crippen LogP contribution in [0.3, 0.4) is 0 Å². The molecule has 24 heavy (non-hydrogen) atoms. The summed E-state index contributed by atoms with van der Waals surface area (Å²) in [7, 11) is 0. The second-order valence-electron chi connectivity index (χ2n) is 5.35. The van der Waals surface area contributed by atoms with Crippen LogP contribution in [0.1, 0.15) is 27.2 Å². The highest BCUT2D eigenvalue weighted by molar-refractivity contribution is 6.12. The van der Waals surface area contributed by atoms with E-state index in [4.69, 9.17) is 0 Å². The Bertz CT molecular complexity index is 800. The van der Waals surface area contributed by atoms with Crippen LogP contribution in [0.15, 0.2) is 84.1 Å². The fraction of sp³-hybridized carbons (Fsp3) is 0.0500. The van der Waals surface area contributed by atoms with E-state index in [1.165, 1.54) is 0 Å². The minimum Gasteiger partial charge on any atom is -0.267 e. The van der Waals surface area contributed by atoms with Crippen LogP contribution < -0.4 is 5.43 Å². The van der Waals surface area contributed by atoms with Gasteiger partial charge in [0.05, 0.1) is 5.69 Å². The summed E-state index contributed by atoms with van der Waals surface area (Å²) >= 11 is 0. The number of aryl methyl sites for hydroxylation is 1. The first-order chi connectivity index (χ1) is 11.7. The van der Waals surface area contributed by atoms with Gasteiger partial charge >= 0.3 is 0 Å². The molecule has 4 nitrogen and oxygen atoms in total. The van der Waals surface area contributed by atoms with Crippen LogP contribution >= 0.6 is 0 Å². The smallest absolute Gasteiger partial charge is 0.267 e. The van der Waals surface area contributed by atoms with E-state index >= 15 is 0 Å². The van der Waals surface area contributed by atoms with E-state index in [2.05, 4.69) is 15.5 Å². The van der Waals surface area contributed by atoms with E-state index in [0.29, 0.717) is 17.0 Å². The lowest BCUT2D eigenvalue weighted by Gasteiger charge is -2.07. The van der Waals surface area contributed by atoms with Gasteiger partial charge in [-0.05, 0) is 31.2 Å². The molecule has 0 radical (unpaired) electrons. The van der Waals surface area contributed by atoms with Crippen LogP contribution in [-0.2, 0) is 0 Å². The lowest BCUT2D eigenvalue weighted by Crippen LogP contribution is -2.21. The molecule has 0 atom stereocenters. The van der Waals surface area contributed by atoms with E-state index in [0.717, 1.165) is 11.1 Å². The van der Waals surface area contributed by atoms with Gasteiger partial charge in [-0.2, -0.15) is 5.10 Å². The number of benzene rings is 2. The molecule has 2 aromatic carbocycles. The maximum atomic E-state index is 12.3. The predicted molar refractivity (Wildman–Crippen MR) is 95.0 cm³/mol. The number of nitrogens with zero attached hydrogens (tertiary/aromatic N) is 2. The van der Waals surface area contributed by atoms with Crippen LogP contribution in [0.2, 0.25) is 0 Å². The normalized spacial score (nSPS) is 11.1. The Morgan fingerprint density at radius 2 is 1.58 bits per heavy atom. The zero-order chi connectivity index (χ0) is 16.8. The minimum absolute atomic E-state index is 0.251. The fourth-order valence-corrected chi connectivity index (χ4v) is 2.24. The van der Waals surface area contributed by atoms with Gasteiger partial charge in [0.15, 0.2) is 0 Å². The van der Waals surface area contributed by atoms with Gasteiger partial charge in [-0.3, -0.25) is 9.78 Å². The summed E-state index contributed by atoms with van der Waals surface area (Å²) in [5, 5.41) is 4.32. The third kappa shape index (κ3) is 3.73. The third-order valence-electron chi connectivity index (χ3n) is 3.54. The summed E-state index contributed by atoms with van der Waals surface area (Å²) in [6.07, 6.45) is 1.70. The first kappa shape index (κ1) is 15.6. The predicted octanol–water partition coefficient (Wildman–Crippen LogP) is 3.57. The highest BCUT2D eigenvalue weighted by atomic mass is 16.2. The maximum Gasteiger partial charge on any atom is 0.271 e. The number of carbonyl (C=O) groups is 1. The summed E-state index contributed by atoms with van der Waals surface area (Å²) in [6.45, 7) is 1.98. The molecule has 0 aliphatic rings. The van der Waals surface area contributed by atoms with Crippen LogP contribution in [0.25, 0.3) is 0 Å². The number of aromatic nitrogens is 1. The van der Waals surface area contributed by atoms with Crippen LogP contribution in [0.4, 0.5) is 0 Å². The third-order valence-corrected chi connectivity index (χ3v) is 3.54. The molecular formula is C20H17N3O. The molecule has 118 valence electrons. The van der Waals surface area contributed by atoms with Crippen molar-refractivity contribution in [3.8, 4) is 0 Å². The van der Waals surface area contributed by atoms with E-state index < -0.39 is 0 Å². The molecule has 0 saturated carbocycles. The van der Waals surface area contributed by atoms with Gasteiger partial charge < -0.3 is 0 Å². The van der Waals surface area contributed by atoms with Crippen molar-refractivity contribution in [3.05, 3.63) is 101 Å². The molecule has 0 unspecified atom stereocenters. The Labute approximate surface area is 140 Å². The molecule has 3 aromatic rings. The molecule has 3 rings (SSSR count). The second-order valence-corrected chi connectivity index (χ2v) is 5.35. The van der Waals surface area contributed by atoms with Crippen molar-refractivity contribution < 1.29 is 4.79 Å². The molecular weight excluding hydrogens is 298 g/mol. The standard InChI is InChI=1S/C20H17N3O/c1-15-10-12-17(13-11-15)20(24)23-22-19(16-7-3-2-4-8-16)18-9-5-6-14-21-18/h2-14H,1H3,(H,23,24). The van der Waals surface area contributed by atoms with Crippen molar-refractivity contribution >= 4 is 11.6 Å². The average Bonchev–Trinajstić information content (AvgIpc) is 2.64. The van der Waals surface area contributed by atoms with Crippen LogP contribution in [-0.4, -0.2) is 16.6 Å². The van der Waals surface area contributed by atoms with Crippen molar-refractivity contribution in [2.75, 3.05) is 0 Å². The quantitative estimate of drug-likeness (QED) is 0.591. The Balaban J connectivity index is 1.90. The van der Waals surface area contributed by atoms with Gasteiger partial charge in [-0.15, -0.1) is 0 Å². The van der Waals surface area contributed by atoms with Crippen LogP contribution in [0, 0.1) is 6.92 Å². The summed E-state index contributed by atoms with van der Waals surface area (Å²) in [5.41, 5.74) is 6.51. The van der Waals surface area contributed by atoms with Gasteiger partial charge in [-0.25, -0.2) is 5.43 Å². The second kappa shape index (κ2) is 7.33. The van der Waals surface area contributed by atoms with E-state index in [9.17, 15) is 4.79 Å².